The Morgan fingerprint density at radius 1 is 0.685 bits per heavy atom. The Kier molecular flexibility index (Phi) is 16.6. The van der Waals surface area contributed by atoms with E-state index in [1.807, 2.05) is 0 Å². The highest BCUT2D eigenvalue weighted by Gasteiger charge is 2.45. The van der Waals surface area contributed by atoms with E-state index in [-0.39, 0.29) is 63.6 Å². The summed E-state index contributed by atoms with van der Waals surface area (Å²) in [6.45, 7) is 2.96. The standard InChI is InChI=1S/C34H38F5N3O12/c35-26-27(36)29(38)31(30(39)28(26)37)54-24(44)6-8-48-10-12-50-14-16-52-18-19-53-17-15-51-13-11-49-9-7-40-21-3-1-2-20-25(21)34(47)42(33(20)46)22-4-5-23(43)41-32(22)45/h1-3,22,40H,4-19H2,(H,41,43,45). The molecule has 2 aromatic rings. The molecule has 2 heterocycles. The normalized spacial score (nSPS) is 15.5. The maximum absolute atomic E-state index is 13.6. The fourth-order valence-electron chi connectivity index (χ4n) is 5.12. The molecule has 4 amide bonds. The number of anilines is 1. The second-order valence-electron chi connectivity index (χ2n) is 11.4. The molecule has 0 bridgehead atoms. The predicted octanol–water partition coefficient (Wildman–Crippen LogP) is 2.29. The van der Waals surface area contributed by atoms with Crippen molar-refractivity contribution < 1.29 is 79.1 Å². The third kappa shape index (κ3) is 11.5. The molecule has 20 heteroatoms. The van der Waals surface area contributed by atoms with Gasteiger partial charge in [0.15, 0.2) is 0 Å². The average Bonchev–Trinajstić information content (AvgIpc) is 3.41. The van der Waals surface area contributed by atoms with Gasteiger partial charge in [0, 0.05) is 18.7 Å². The topological polar surface area (TPSA) is 177 Å². The molecule has 15 nitrogen and oxygen atoms in total. The van der Waals surface area contributed by atoms with E-state index in [9.17, 15) is 45.9 Å². The molecule has 1 unspecified atom stereocenters. The molecule has 296 valence electrons. The van der Waals surface area contributed by atoms with Crippen molar-refractivity contribution in [3.63, 3.8) is 0 Å². The molecule has 0 aliphatic carbocycles. The van der Waals surface area contributed by atoms with Gasteiger partial charge in [-0.15, -0.1) is 0 Å². The number of esters is 1. The number of rotatable bonds is 24. The van der Waals surface area contributed by atoms with Gasteiger partial charge in [-0.2, -0.15) is 8.78 Å². The van der Waals surface area contributed by atoms with Crippen LogP contribution in [0, 0.1) is 29.1 Å². The Hall–Kier alpha value is -4.60. The number of halogens is 5. The van der Waals surface area contributed by atoms with Crippen LogP contribution in [0.2, 0.25) is 0 Å². The number of imide groups is 2. The first-order valence-corrected chi connectivity index (χ1v) is 16.8. The second-order valence-corrected chi connectivity index (χ2v) is 11.4. The fourth-order valence-corrected chi connectivity index (χ4v) is 5.12. The van der Waals surface area contributed by atoms with Crippen LogP contribution >= 0.6 is 0 Å². The van der Waals surface area contributed by atoms with Crippen molar-refractivity contribution in [2.45, 2.75) is 25.3 Å². The first-order valence-electron chi connectivity index (χ1n) is 16.8. The molecule has 54 heavy (non-hydrogen) atoms. The van der Waals surface area contributed by atoms with Crippen molar-refractivity contribution in [2.24, 2.45) is 0 Å². The largest absolute Gasteiger partial charge is 0.420 e. The Bertz CT molecular complexity index is 1640. The Balaban J connectivity index is 0.923. The first-order chi connectivity index (χ1) is 26.0. The van der Waals surface area contributed by atoms with Gasteiger partial charge in [0.1, 0.15) is 6.04 Å². The second kappa shape index (κ2) is 21.3. The minimum absolute atomic E-state index is 0.0366. The Labute approximate surface area is 305 Å². The van der Waals surface area contributed by atoms with E-state index in [1.165, 1.54) is 6.07 Å². The van der Waals surface area contributed by atoms with E-state index in [1.54, 1.807) is 12.1 Å². The number of carbonyl (C=O) groups excluding carboxylic acids is 5. The van der Waals surface area contributed by atoms with Crippen molar-refractivity contribution in [3.8, 4) is 5.75 Å². The van der Waals surface area contributed by atoms with E-state index < -0.39 is 76.9 Å². The summed E-state index contributed by atoms with van der Waals surface area (Å²) in [5, 5.41) is 5.26. The monoisotopic (exact) mass is 775 g/mol. The number of fused-ring (bicyclic) bond motifs is 1. The number of hydrogen-bond acceptors (Lipinski definition) is 13. The van der Waals surface area contributed by atoms with Gasteiger partial charge in [-0.25, -0.2) is 13.2 Å². The van der Waals surface area contributed by atoms with Crippen molar-refractivity contribution in [1.29, 1.82) is 0 Å². The van der Waals surface area contributed by atoms with E-state index in [4.69, 9.17) is 28.4 Å². The number of nitrogens with zero attached hydrogens (tertiary/aromatic N) is 1. The van der Waals surface area contributed by atoms with Crippen LogP contribution in [0.25, 0.3) is 0 Å². The van der Waals surface area contributed by atoms with Gasteiger partial charge in [-0.3, -0.25) is 34.2 Å². The molecule has 2 aliphatic rings. The molecule has 1 atom stereocenters. The summed E-state index contributed by atoms with van der Waals surface area (Å²) in [5.41, 5.74) is 0.786. The zero-order valence-corrected chi connectivity index (χ0v) is 28.9. The predicted molar refractivity (Wildman–Crippen MR) is 173 cm³/mol. The summed E-state index contributed by atoms with van der Waals surface area (Å²) >= 11 is 0. The maximum Gasteiger partial charge on any atom is 0.313 e. The van der Waals surface area contributed by atoms with Gasteiger partial charge >= 0.3 is 5.97 Å². The molecule has 0 radical (unpaired) electrons. The highest BCUT2D eigenvalue weighted by molar-refractivity contribution is 6.25. The highest BCUT2D eigenvalue weighted by atomic mass is 19.2. The maximum atomic E-state index is 13.6. The number of benzene rings is 2. The van der Waals surface area contributed by atoms with Crippen molar-refractivity contribution >= 4 is 35.3 Å². The molecule has 2 aromatic carbocycles. The number of amides is 4. The molecular formula is C34H38F5N3O12. The molecule has 4 rings (SSSR count). The van der Waals surface area contributed by atoms with Crippen molar-refractivity contribution in [1.82, 2.24) is 10.2 Å². The lowest BCUT2D eigenvalue weighted by Crippen LogP contribution is -2.54. The van der Waals surface area contributed by atoms with E-state index in [0.717, 1.165) is 4.90 Å². The van der Waals surface area contributed by atoms with E-state index >= 15 is 0 Å². The summed E-state index contributed by atoms with van der Waals surface area (Å²) in [6.07, 6.45) is -0.400. The number of ether oxygens (including phenoxy) is 7. The molecule has 0 aromatic heterocycles. The average molecular weight is 776 g/mol. The molecule has 1 fully saturated rings. The zero-order chi connectivity index (χ0) is 39.0. The molecule has 0 spiro atoms. The molecular weight excluding hydrogens is 737 g/mol. The van der Waals surface area contributed by atoms with Crippen LogP contribution < -0.4 is 15.4 Å². The summed E-state index contributed by atoms with van der Waals surface area (Å²) in [5.74, 6) is -16.5. The highest BCUT2D eigenvalue weighted by Crippen LogP contribution is 2.32. The van der Waals surface area contributed by atoms with Crippen molar-refractivity contribution in [2.75, 3.05) is 91.1 Å². The van der Waals surface area contributed by atoms with Gasteiger partial charge < -0.3 is 38.5 Å². The SMILES string of the molecule is O=C1CCC(N2C(=O)c3cccc(NCCOCCOCCOCCOCCOCCOCCC(=O)Oc4c(F)c(F)c(F)c(F)c4F)c3C2=O)C(=O)N1. The van der Waals surface area contributed by atoms with Crippen LogP contribution in [0.4, 0.5) is 27.6 Å². The molecule has 0 saturated carbocycles. The van der Waals surface area contributed by atoms with Gasteiger partial charge in [0.2, 0.25) is 46.6 Å². The number of piperidine rings is 1. The van der Waals surface area contributed by atoms with Gasteiger partial charge in [0.05, 0.1) is 96.8 Å². The molecule has 1 saturated heterocycles. The van der Waals surface area contributed by atoms with Crippen LogP contribution in [0.5, 0.6) is 5.75 Å². The van der Waals surface area contributed by atoms with Crippen LogP contribution in [-0.2, 0) is 42.8 Å². The summed E-state index contributed by atoms with van der Waals surface area (Å²) < 4.78 is 103. The summed E-state index contributed by atoms with van der Waals surface area (Å²) in [6, 6.07) is 3.76. The van der Waals surface area contributed by atoms with E-state index in [0.29, 0.717) is 51.9 Å². The zero-order valence-electron chi connectivity index (χ0n) is 28.9. The fraction of sp³-hybridized carbons (Fsp3) is 0.500. The molecule has 2 aliphatic heterocycles. The molecule has 2 N–H and O–H groups in total. The van der Waals surface area contributed by atoms with Crippen LogP contribution in [0.3, 0.4) is 0 Å². The lowest BCUT2D eigenvalue weighted by molar-refractivity contribution is -0.137. The van der Waals surface area contributed by atoms with E-state index in [2.05, 4.69) is 15.4 Å². The third-order valence-corrected chi connectivity index (χ3v) is 7.73. The summed E-state index contributed by atoms with van der Waals surface area (Å²) in [7, 11) is 0. The van der Waals surface area contributed by atoms with Gasteiger partial charge in [-0.05, 0) is 18.6 Å². The number of nitrogens with one attached hydrogen (secondary N) is 2. The number of carbonyl (C=O) groups is 5. The van der Waals surface area contributed by atoms with Crippen LogP contribution in [0.15, 0.2) is 18.2 Å². The lowest BCUT2D eigenvalue weighted by Gasteiger charge is -2.27. The first kappa shape index (κ1) is 42.1. The van der Waals surface area contributed by atoms with Crippen LogP contribution in [0.1, 0.15) is 40.0 Å². The quantitative estimate of drug-likeness (QED) is 0.0303. The van der Waals surface area contributed by atoms with Crippen molar-refractivity contribution in [3.05, 3.63) is 58.4 Å². The minimum Gasteiger partial charge on any atom is -0.420 e. The Morgan fingerprint density at radius 2 is 1.19 bits per heavy atom. The van der Waals surface area contributed by atoms with Gasteiger partial charge in [0.25, 0.3) is 11.8 Å². The number of hydrogen-bond donors (Lipinski definition) is 2. The van der Waals surface area contributed by atoms with Gasteiger partial charge in [-0.1, -0.05) is 6.07 Å². The summed E-state index contributed by atoms with van der Waals surface area (Å²) in [4.78, 5) is 62.4. The minimum atomic E-state index is -2.36. The smallest absolute Gasteiger partial charge is 0.313 e. The Morgan fingerprint density at radius 3 is 1.72 bits per heavy atom. The third-order valence-electron chi connectivity index (χ3n) is 7.73. The lowest BCUT2D eigenvalue weighted by atomic mass is 10.0. The van der Waals surface area contributed by atoms with Crippen LogP contribution in [-0.4, -0.2) is 126 Å².